The third-order valence-electron chi connectivity index (χ3n) is 2.77. The van der Waals surface area contributed by atoms with E-state index in [0.29, 0.717) is 28.1 Å². The van der Waals surface area contributed by atoms with Gasteiger partial charge in [-0.05, 0) is 30.9 Å². The third kappa shape index (κ3) is 3.46. The van der Waals surface area contributed by atoms with Crippen LogP contribution in [0, 0.1) is 5.92 Å². The van der Waals surface area contributed by atoms with Crippen LogP contribution in [0.1, 0.15) is 12.8 Å². The van der Waals surface area contributed by atoms with Crippen LogP contribution >= 0.6 is 11.6 Å². The molecule has 0 saturated heterocycles. The van der Waals surface area contributed by atoms with E-state index in [9.17, 15) is 9.00 Å². The Kier molecular flexibility index (Phi) is 4.24. The number of benzene rings is 1. The number of nitrogens with one attached hydrogen (secondary N) is 1. The number of hydrogen-bond acceptors (Lipinski definition) is 3. The van der Waals surface area contributed by atoms with Gasteiger partial charge in [-0.1, -0.05) is 17.7 Å². The highest BCUT2D eigenvalue weighted by atomic mass is 35.5. The molecule has 1 saturated carbocycles. The average molecular weight is 287 g/mol. The highest BCUT2D eigenvalue weighted by Crippen LogP contribution is 2.28. The predicted octanol–water partition coefficient (Wildman–Crippen LogP) is 1.56. The molecule has 4 nitrogen and oxygen atoms in total. The SMILES string of the molecule is Nc1cccc(Cl)c1S(=O)CC(=O)NCC1CC1. The number of nitrogen functional groups attached to an aromatic ring is 1. The largest absolute Gasteiger partial charge is 0.398 e. The minimum atomic E-state index is -1.50. The van der Waals surface area contributed by atoms with Gasteiger partial charge >= 0.3 is 0 Å². The molecule has 1 aromatic rings. The normalized spacial score (nSPS) is 16.3. The van der Waals surface area contributed by atoms with Crippen molar-refractivity contribution in [2.24, 2.45) is 5.92 Å². The van der Waals surface area contributed by atoms with Crippen LogP contribution in [0.4, 0.5) is 5.69 Å². The van der Waals surface area contributed by atoms with Gasteiger partial charge in [-0.25, -0.2) is 0 Å². The van der Waals surface area contributed by atoms with Crippen LogP contribution in [0.25, 0.3) is 0 Å². The molecule has 18 heavy (non-hydrogen) atoms. The second-order valence-corrected chi connectivity index (χ2v) is 6.19. The molecule has 1 atom stereocenters. The number of halogens is 1. The van der Waals surface area contributed by atoms with Gasteiger partial charge in [0, 0.05) is 12.2 Å². The summed E-state index contributed by atoms with van der Waals surface area (Å²) in [5.41, 5.74) is 6.08. The summed E-state index contributed by atoms with van der Waals surface area (Å²) in [6, 6.07) is 4.93. The maximum atomic E-state index is 12.0. The zero-order valence-electron chi connectivity index (χ0n) is 9.82. The summed E-state index contributed by atoms with van der Waals surface area (Å²) < 4.78 is 12.0. The molecule has 0 spiro atoms. The van der Waals surface area contributed by atoms with Gasteiger partial charge in [0.15, 0.2) is 0 Å². The van der Waals surface area contributed by atoms with E-state index in [1.165, 1.54) is 12.8 Å². The molecule has 1 aliphatic rings. The number of carbonyl (C=O) groups excluding carboxylic acids is 1. The van der Waals surface area contributed by atoms with E-state index in [-0.39, 0.29) is 11.7 Å². The second-order valence-electron chi connectivity index (χ2n) is 4.40. The molecule has 98 valence electrons. The number of rotatable bonds is 5. The van der Waals surface area contributed by atoms with Gasteiger partial charge in [0.2, 0.25) is 5.91 Å². The lowest BCUT2D eigenvalue weighted by molar-refractivity contribution is -0.118. The Morgan fingerprint density at radius 1 is 1.50 bits per heavy atom. The molecule has 0 heterocycles. The fourth-order valence-electron chi connectivity index (χ4n) is 1.59. The Balaban J connectivity index is 1.95. The molecule has 1 amide bonds. The summed E-state index contributed by atoms with van der Waals surface area (Å²) in [5, 5.41) is 3.10. The summed E-state index contributed by atoms with van der Waals surface area (Å²) >= 11 is 5.94. The number of nitrogens with two attached hydrogens (primary N) is 1. The molecule has 0 bridgehead atoms. The van der Waals surface area contributed by atoms with Crippen LogP contribution in [0.2, 0.25) is 5.02 Å². The smallest absolute Gasteiger partial charge is 0.233 e. The van der Waals surface area contributed by atoms with E-state index >= 15 is 0 Å². The summed E-state index contributed by atoms with van der Waals surface area (Å²) in [6.07, 6.45) is 2.33. The third-order valence-corrected chi connectivity index (χ3v) is 4.63. The molecule has 3 N–H and O–H groups in total. The van der Waals surface area contributed by atoms with Gasteiger partial charge in [0.05, 0.1) is 20.7 Å². The average Bonchev–Trinajstić information content (AvgIpc) is 3.09. The Morgan fingerprint density at radius 2 is 2.22 bits per heavy atom. The van der Waals surface area contributed by atoms with E-state index < -0.39 is 10.8 Å². The first-order valence-electron chi connectivity index (χ1n) is 5.77. The van der Waals surface area contributed by atoms with Crippen molar-refractivity contribution in [3.63, 3.8) is 0 Å². The van der Waals surface area contributed by atoms with Gasteiger partial charge in [0.1, 0.15) is 5.75 Å². The molecule has 6 heteroatoms. The summed E-state index contributed by atoms with van der Waals surface area (Å²) in [7, 11) is -1.50. The van der Waals surface area contributed by atoms with Gasteiger partial charge in [-0.15, -0.1) is 0 Å². The molecule has 1 unspecified atom stereocenters. The van der Waals surface area contributed by atoms with E-state index in [4.69, 9.17) is 17.3 Å². The van der Waals surface area contributed by atoms with Crippen LogP contribution in [-0.4, -0.2) is 22.4 Å². The Hall–Kier alpha value is -1.07. The number of hydrogen-bond donors (Lipinski definition) is 2. The standard InChI is InChI=1S/C12H15ClN2O2S/c13-9-2-1-3-10(14)12(9)18(17)7-11(16)15-6-8-4-5-8/h1-3,8H,4-7,14H2,(H,15,16). The van der Waals surface area contributed by atoms with Crippen molar-refractivity contribution in [2.45, 2.75) is 17.7 Å². The van der Waals surface area contributed by atoms with Crippen LogP contribution in [-0.2, 0) is 15.6 Å². The topological polar surface area (TPSA) is 72.2 Å². The maximum absolute atomic E-state index is 12.0. The van der Waals surface area contributed by atoms with Crippen LogP contribution in [0.15, 0.2) is 23.1 Å². The van der Waals surface area contributed by atoms with Crippen molar-refractivity contribution in [1.82, 2.24) is 5.32 Å². The summed E-state index contributed by atoms with van der Waals surface area (Å²) in [4.78, 5) is 11.9. The molecule has 1 aliphatic carbocycles. The van der Waals surface area contributed by atoms with Crippen molar-refractivity contribution in [3.8, 4) is 0 Å². The van der Waals surface area contributed by atoms with Crippen molar-refractivity contribution >= 4 is 34.0 Å². The molecule has 0 radical (unpaired) electrons. The molecule has 0 aliphatic heterocycles. The number of carbonyl (C=O) groups is 1. The lowest BCUT2D eigenvalue weighted by atomic mass is 10.3. The first-order chi connectivity index (χ1) is 8.58. The Labute approximate surface area is 113 Å². The lowest BCUT2D eigenvalue weighted by Crippen LogP contribution is -2.30. The zero-order valence-corrected chi connectivity index (χ0v) is 11.4. The summed E-state index contributed by atoms with van der Waals surface area (Å²) in [6.45, 7) is 0.675. The quantitative estimate of drug-likeness (QED) is 0.807. The van der Waals surface area contributed by atoms with Crippen molar-refractivity contribution in [2.75, 3.05) is 18.0 Å². The molecular weight excluding hydrogens is 272 g/mol. The Morgan fingerprint density at radius 3 is 2.83 bits per heavy atom. The van der Waals surface area contributed by atoms with E-state index in [1.54, 1.807) is 18.2 Å². The second kappa shape index (κ2) is 5.71. The highest BCUT2D eigenvalue weighted by Gasteiger charge is 2.22. The minimum absolute atomic E-state index is 0.0966. The van der Waals surface area contributed by atoms with Gasteiger partial charge in [-0.2, -0.15) is 0 Å². The van der Waals surface area contributed by atoms with Gasteiger partial charge in [-0.3, -0.25) is 9.00 Å². The fourth-order valence-corrected chi connectivity index (χ4v) is 3.13. The molecular formula is C12H15ClN2O2S. The number of anilines is 1. The zero-order chi connectivity index (χ0) is 13.1. The first kappa shape index (κ1) is 13.4. The van der Waals surface area contributed by atoms with Crippen LogP contribution < -0.4 is 11.1 Å². The van der Waals surface area contributed by atoms with E-state index in [1.807, 2.05) is 0 Å². The molecule has 0 aromatic heterocycles. The fraction of sp³-hybridized carbons (Fsp3) is 0.417. The predicted molar refractivity (Wildman–Crippen MR) is 72.9 cm³/mol. The van der Waals surface area contributed by atoms with Crippen molar-refractivity contribution in [3.05, 3.63) is 23.2 Å². The van der Waals surface area contributed by atoms with Gasteiger partial charge < -0.3 is 11.1 Å². The first-order valence-corrected chi connectivity index (χ1v) is 7.46. The summed E-state index contributed by atoms with van der Waals surface area (Å²) in [5.74, 6) is 0.285. The maximum Gasteiger partial charge on any atom is 0.233 e. The monoisotopic (exact) mass is 286 g/mol. The molecule has 1 aromatic carbocycles. The highest BCUT2D eigenvalue weighted by molar-refractivity contribution is 7.86. The number of amides is 1. The lowest BCUT2D eigenvalue weighted by Gasteiger charge is -2.08. The van der Waals surface area contributed by atoms with E-state index in [2.05, 4.69) is 5.32 Å². The van der Waals surface area contributed by atoms with E-state index in [0.717, 1.165) is 0 Å². The van der Waals surface area contributed by atoms with Crippen LogP contribution in [0.5, 0.6) is 0 Å². The molecule has 2 rings (SSSR count). The van der Waals surface area contributed by atoms with Crippen molar-refractivity contribution in [1.29, 1.82) is 0 Å². The molecule has 1 fully saturated rings. The van der Waals surface area contributed by atoms with Gasteiger partial charge in [0.25, 0.3) is 0 Å². The van der Waals surface area contributed by atoms with Crippen molar-refractivity contribution < 1.29 is 9.00 Å². The van der Waals surface area contributed by atoms with Crippen LogP contribution in [0.3, 0.4) is 0 Å². The minimum Gasteiger partial charge on any atom is -0.398 e. The Bertz CT molecular complexity index is 469.